The number of nitro benzene ring substituents is 2. The Morgan fingerprint density at radius 1 is 1.04 bits per heavy atom. The number of anilines is 1. The molecule has 2 rings (SSSR count). The largest absolute Gasteiger partial charge is 0.462 e. The number of carbonyl (C=O) groups excluding carboxylic acids is 2. The van der Waals surface area contributed by atoms with E-state index in [1.165, 1.54) is 24.3 Å². The van der Waals surface area contributed by atoms with Crippen molar-refractivity contribution in [2.75, 3.05) is 11.9 Å². The number of ether oxygens (including phenoxy) is 1. The van der Waals surface area contributed by atoms with Crippen molar-refractivity contribution in [3.05, 3.63) is 73.8 Å². The van der Waals surface area contributed by atoms with Gasteiger partial charge in [0, 0.05) is 11.8 Å². The third-order valence-electron chi connectivity index (χ3n) is 3.56. The molecule has 0 heterocycles. The normalized spacial score (nSPS) is 10.4. The number of non-ortho nitro benzene ring substituents is 1. The maximum Gasteiger partial charge on any atom is 0.338 e. The van der Waals surface area contributed by atoms with Gasteiger partial charge in [-0.05, 0) is 36.2 Å². The molecule has 0 aromatic heterocycles. The highest BCUT2D eigenvalue weighted by Crippen LogP contribution is 2.25. The van der Waals surface area contributed by atoms with Gasteiger partial charge in [0.05, 0.1) is 28.1 Å². The fourth-order valence-corrected chi connectivity index (χ4v) is 2.19. The lowest BCUT2D eigenvalue weighted by Crippen LogP contribution is -2.14. The summed E-state index contributed by atoms with van der Waals surface area (Å²) in [4.78, 5) is 44.5. The average Bonchev–Trinajstić information content (AvgIpc) is 2.65. The predicted molar refractivity (Wildman–Crippen MR) is 99.3 cm³/mol. The van der Waals surface area contributed by atoms with Crippen LogP contribution < -0.4 is 5.32 Å². The summed E-state index contributed by atoms with van der Waals surface area (Å²) in [5.74, 6) is -1.12. The number of carbonyl (C=O) groups is 2. The lowest BCUT2D eigenvalue weighted by atomic mass is 10.1. The standard InChI is InChI=1S/C18H17N3O7/c1-11(2)10-28-18(23)12-3-5-13(6-4-12)19-17(22)15-8-7-14(20(24)25)9-16(15)21(26)27/h3-9,11H,10H2,1-2H3,(H,19,22). The molecule has 0 aliphatic heterocycles. The highest BCUT2D eigenvalue weighted by molar-refractivity contribution is 6.07. The molecule has 0 spiro atoms. The first-order valence-electron chi connectivity index (χ1n) is 8.20. The van der Waals surface area contributed by atoms with Crippen molar-refractivity contribution in [3.63, 3.8) is 0 Å². The Hall–Kier alpha value is -3.82. The highest BCUT2D eigenvalue weighted by atomic mass is 16.6. The topological polar surface area (TPSA) is 142 Å². The Morgan fingerprint density at radius 3 is 2.21 bits per heavy atom. The molecule has 10 heteroatoms. The van der Waals surface area contributed by atoms with E-state index in [-0.39, 0.29) is 23.8 Å². The van der Waals surface area contributed by atoms with E-state index in [1.807, 2.05) is 13.8 Å². The van der Waals surface area contributed by atoms with Gasteiger partial charge in [0.2, 0.25) is 0 Å². The summed E-state index contributed by atoms with van der Waals surface area (Å²) >= 11 is 0. The molecule has 1 N–H and O–H groups in total. The lowest BCUT2D eigenvalue weighted by molar-refractivity contribution is -0.394. The minimum atomic E-state index is -0.865. The zero-order chi connectivity index (χ0) is 20.8. The van der Waals surface area contributed by atoms with Crippen LogP contribution in [0.15, 0.2) is 42.5 Å². The Labute approximate surface area is 159 Å². The van der Waals surface area contributed by atoms with E-state index in [9.17, 15) is 29.8 Å². The van der Waals surface area contributed by atoms with Crippen LogP contribution in [0.3, 0.4) is 0 Å². The number of esters is 1. The first-order chi connectivity index (χ1) is 13.2. The van der Waals surface area contributed by atoms with Gasteiger partial charge >= 0.3 is 5.97 Å². The van der Waals surface area contributed by atoms with Crippen LogP contribution in [0.2, 0.25) is 0 Å². The zero-order valence-electron chi connectivity index (χ0n) is 15.1. The van der Waals surface area contributed by atoms with E-state index in [1.54, 1.807) is 0 Å². The summed E-state index contributed by atoms with van der Waals surface area (Å²) in [5, 5.41) is 24.4. The molecule has 0 unspecified atom stereocenters. The van der Waals surface area contributed by atoms with Gasteiger partial charge < -0.3 is 10.1 Å². The second-order valence-electron chi connectivity index (χ2n) is 6.24. The van der Waals surface area contributed by atoms with Crippen LogP contribution in [-0.4, -0.2) is 28.3 Å². The first kappa shape index (κ1) is 20.5. The second-order valence-corrected chi connectivity index (χ2v) is 6.24. The molecule has 10 nitrogen and oxygen atoms in total. The number of nitro groups is 2. The van der Waals surface area contributed by atoms with Crippen LogP contribution in [-0.2, 0) is 4.74 Å². The summed E-state index contributed by atoms with van der Waals surface area (Å²) in [6, 6.07) is 8.54. The minimum absolute atomic E-state index is 0.194. The molecule has 2 aromatic carbocycles. The maximum atomic E-state index is 12.3. The minimum Gasteiger partial charge on any atom is -0.462 e. The van der Waals surface area contributed by atoms with E-state index in [2.05, 4.69) is 5.32 Å². The Morgan fingerprint density at radius 2 is 1.68 bits per heavy atom. The number of hydrogen-bond donors (Lipinski definition) is 1. The van der Waals surface area contributed by atoms with Gasteiger partial charge in [-0.25, -0.2) is 4.79 Å². The van der Waals surface area contributed by atoms with E-state index < -0.39 is 33.1 Å². The molecular weight excluding hydrogens is 370 g/mol. The molecule has 0 aliphatic carbocycles. The van der Waals surface area contributed by atoms with Crippen LogP contribution in [0.4, 0.5) is 17.1 Å². The Bertz CT molecular complexity index is 923. The highest BCUT2D eigenvalue weighted by Gasteiger charge is 2.24. The molecule has 146 valence electrons. The fraction of sp³-hybridized carbons (Fsp3) is 0.222. The van der Waals surface area contributed by atoms with Crippen molar-refractivity contribution in [2.45, 2.75) is 13.8 Å². The molecule has 0 radical (unpaired) electrons. The van der Waals surface area contributed by atoms with Crippen molar-refractivity contribution in [1.82, 2.24) is 0 Å². The van der Waals surface area contributed by atoms with Crippen LogP contribution in [0, 0.1) is 26.1 Å². The van der Waals surface area contributed by atoms with Gasteiger partial charge in [-0.3, -0.25) is 25.0 Å². The van der Waals surface area contributed by atoms with E-state index in [0.29, 0.717) is 5.56 Å². The summed E-state index contributed by atoms with van der Waals surface area (Å²) < 4.78 is 5.10. The number of nitrogens with zero attached hydrogens (tertiary/aromatic N) is 2. The molecule has 1 amide bonds. The molecular formula is C18H17N3O7. The number of hydrogen-bond acceptors (Lipinski definition) is 7. The molecule has 0 aliphatic rings. The number of rotatable bonds is 7. The number of amides is 1. The van der Waals surface area contributed by atoms with Crippen molar-refractivity contribution >= 4 is 28.9 Å². The van der Waals surface area contributed by atoms with Crippen molar-refractivity contribution in [2.24, 2.45) is 5.92 Å². The van der Waals surface area contributed by atoms with Gasteiger partial charge in [0.25, 0.3) is 17.3 Å². The van der Waals surface area contributed by atoms with Gasteiger partial charge in [-0.1, -0.05) is 13.8 Å². The van der Waals surface area contributed by atoms with Crippen molar-refractivity contribution < 1.29 is 24.2 Å². The lowest BCUT2D eigenvalue weighted by Gasteiger charge is -2.09. The molecule has 2 aromatic rings. The SMILES string of the molecule is CC(C)COC(=O)c1ccc(NC(=O)c2ccc([N+](=O)[O-])cc2[N+](=O)[O-])cc1. The monoisotopic (exact) mass is 387 g/mol. The van der Waals surface area contributed by atoms with E-state index >= 15 is 0 Å². The van der Waals surface area contributed by atoms with Crippen LogP contribution in [0.1, 0.15) is 34.6 Å². The van der Waals surface area contributed by atoms with Gasteiger partial charge in [0.1, 0.15) is 5.56 Å². The van der Waals surface area contributed by atoms with Crippen molar-refractivity contribution in [1.29, 1.82) is 0 Å². The van der Waals surface area contributed by atoms with E-state index in [4.69, 9.17) is 4.74 Å². The number of benzene rings is 2. The summed E-state index contributed by atoms with van der Waals surface area (Å²) in [5.41, 5.74) is -0.915. The van der Waals surface area contributed by atoms with Crippen LogP contribution >= 0.6 is 0 Å². The molecule has 28 heavy (non-hydrogen) atoms. The quantitative estimate of drug-likeness (QED) is 0.435. The van der Waals surface area contributed by atoms with Crippen LogP contribution in [0.25, 0.3) is 0 Å². The summed E-state index contributed by atoms with van der Waals surface area (Å²) in [6.45, 7) is 4.09. The van der Waals surface area contributed by atoms with Gasteiger partial charge in [-0.15, -0.1) is 0 Å². The maximum absolute atomic E-state index is 12.3. The smallest absolute Gasteiger partial charge is 0.338 e. The second kappa shape index (κ2) is 8.71. The fourth-order valence-electron chi connectivity index (χ4n) is 2.19. The summed E-state index contributed by atoms with van der Waals surface area (Å²) in [7, 11) is 0. The molecule has 0 atom stereocenters. The third kappa shape index (κ3) is 5.10. The van der Waals surface area contributed by atoms with Gasteiger partial charge in [0.15, 0.2) is 0 Å². The zero-order valence-corrected chi connectivity index (χ0v) is 15.1. The number of nitrogens with one attached hydrogen (secondary N) is 1. The Kier molecular flexibility index (Phi) is 6.38. The first-order valence-corrected chi connectivity index (χ1v) is 8.20. The van der Waals surface area contributed by atoms with E-state index in [0.717, 1.165) is 18.2 Å². The third-order valence-corrected chi connectivity index (χ3v) is 3.56. The van der Waals surface area contributed by atoms with Crippen LogP contribution in [0.5, 0.6) is 0 Å². The molecule has 0 fully saturated rings. The van der Waals surface area contributed by atoms with Gasteiger partial charge in [-0.2, -0.15) is 0 Å². The molecule has 0 bridgehead atoms. The molecule has 0 saturated heterocycles. The average molecular weight is 387 g/mol. The summed E-state index contributed by atoms with van der Waals surface area (Å²) in [6.07, 6.45) is 0. The Balaban J connectivity index is 2.16. The van der Waals surface area contributed by atoms with Crippen molar-refractivity contribution in [3.8, 4) is 0 Å². The predicted octanol–water partition coefficient (Wildman–Crippen LogP) is 3.57. The molecule has 0 saturated carbocycles.